The van der Waals surface area contributed by atoms with Crippen molar-refractivity contribution in [3.8, 4) is 0 Å². The number of benzene rings is 1. The molecule has 1 saturated carbocycles. The highest BCUT2D eigenvalue weighted by Gasteiger charge is 2.36. The Morgan fingerprint density at radius 1 is 1.16 bits per heavy atom. The number of allylic oxidation sites excluding steroid dienone is 1. The number of aliphatic hydroxyl groups excluding tert-OH is 1. The molecule has 31 heavy (non-hydrogen) atoms. The number of carbonyl (C=O) groups excluding carboxylic acids is 1. The minimum Gasteiger partial charge on any atom is -0.378 e. The minimum atomic E-state index is -0.985. The number of hydrogen-bond acceptors (Lipinski definition) is 6. The highest BCUT2D eigenvalue weighted by atomic mass is 16.5. The number of nitrogens with one attached hydrogen (secondary N) is 1. The number of aliphatic imine (C=N–C) groups is 2. The summed E-state index contributed by atoms with van der Waals surface area (Å²) in [5, 5.41) is 13.8. The second kappa shape index (κ2) is 10.7. The summed E-state index contributed by atoms with van der Waals surface area (Å²) in [6, 6.07) is 9.51. The van der Waals surface area contributed by atoms with E-state index in [1.54, 1.807) is 14.0 Å². The Balaban J connectivity index is 1.60. The Morgan fingerprint density at radius 3 is 2.35 bits per heavy atom. The predicted octanol–water partition coefficient (Wildman–Crippen LogP) is 3.47. The number of methoxy groups -OCH3 is 1. The SMILES string of the molecule is C=N/C(C)=C(\N=C(C)C1CCC(C(=O)N2CC(OC)C2)CC1)C(O)Nc1ccccc1. The van der Waals surface area contributed by atoms with Crippen LogP contribution in [0.1, 0.15) is 39.5 Å². The molecule has 168 valence electrons. The Kier molecular flexibility index (Phi) is 7.98. The van der Waals surface area contributed by atoms with Gasteiger partial charge in [-0.1, -0.05) is 18.2 Å². The van der Waals surface area contributed by atoms with E-state index in [0.29, 0.717) is 30.4 Å². The van der Waals surface area contributed by atoms with Gasteiger partial charge in [0.1, 0.15) is 5.70 Å². The molecule has 3 rings (SSSR count). The van der Waals surface area contributed by atoms with Crippen LogP contribution >= 0.6 is 0 Å². The third-order valence-corrected chi connectivity index (χ3v) is 6.40. The summed E-state index contributed by atoms with van der Waals surface area (Å²) in [6.07, 6.45) is 2.78. The van der Waals surface area contributed by atoms with Gasteiger partial charge in [-0.2, -0.15) is 0 Å². The third kappa shape index (κ3) is 5.80. The van der Waals surface area contributed by atoms with Crippen molar-refractivity contribution in [2.45, 2.75) is 51.9 Å². The van der Waals surface area contributed by atoms with E-state index in [9.17, 15) is 9.90 Å². The van der Waals surface area contributed by atoms with Gasteiger partial charge in [0.2, 0.25) is 5.91 Å². The van der Waals surface area contributed by atoms with Crippen molar-refractivity contribution in [1.82, 2.24) is 4.90 Å². The average molecular weight is 427 g/mol. The van der Waals surface area contributed by atoms with E-state index in [-0.39, 0.29) is 17.9 Å². The summed E-state index contributed by atoms with van der Waals surface area (Å²) in [4.78, 5) is 23.3. The number of ether oxygens (including phenoxy) is 1. The first-order valence-electron chi connectivity index (χ1n) is 11.0. The standard InChI is InChI=1S/C24H34N4O3/c1-16(18-10-12-19(13-11-18)24(30)28-14-21(15-28)31-4)26-22(17(2)25-3)23(29)27-20-8-6-5-7-9-20/h5-9,18-19,21,23,27,29H,3,10-15H2,1-2,4H3/b22-17-,26-16?. The quantitative estimate of drug-likeness (QED) is 0.492. The third-order valence-electron chi connectivity index (χ3n) is 6.40. The van der Waals surface area contributed by atoms with Gasteiger partial charge in [0.05, 0.1) is 11.8 Å². The van der Waals surface area contributed by atoms with E-state index in [1.165, 1.54) is 0 Å². The molecule has 1 aromatic carbocycles. The lowest BCUT2D eigenvalue weighted by molar-refractivity contribution is -0.148. The largest absolute Gasteiger partial charge is 0.378 e. The van der Waals surface area contributed by atoms with E-state index in [4.69, 9.17) is 9.73 Å². The first-order valence-corrected chi connectivity index (χ1v) is 11.0. The molecule has 1 atom stereocenters. The summed E-state index contributed by atoms with van der Waals surface area (Å²) in [5.74, 6) is 0.651. The van der Waals surface area contributed by atoms with Gasteiger partial charge in [-0.15, -0.1) is 0 Å². The summed E-state index contributed by atoms with van der Waals surface area (Å²) >= 11 is 0. The number of carbonyl (C=O) groups is 1. The Morgan fingerprint density at radius 2 is 1.77 bits per heavy atom. The van der Waals surface area contributed by atoms with E-state index < -0.39 is 6.23 Å². The van der Waals surface area contributed by atoms with E-state index in [1.807, 2.05) is 42.2 Å². The molecular weight excluding hydrogens is 392 g/mol. The molecule has 0 radical (unpaired) electrons. The van der Waals surface area contributed by atoms with Crippen molar-refractivity contribution in [3.05, 3.63) is 41.7 Å². The number of hydrogen-bond donors (Lipinski definition) is 2. The maximum Gasteiger partial charge on any atom is 0.225 e. The van der Waals surface area contributed by atoms with Crippen molar-refractivity contribution in [2.75, 3.05) is 25.5 Å². The number of para-hydroxylation sites is 1. The highest BCUT2D eigenvalue weighted by Crippen LogP contribution is 2.33. The first kappa shape index (κ1) is 23.2. The van der Waals surface area contributed by atoms with Crippen LogP contribution < -0.4 is 5.32 Å². The minimum absolute atomic E-state index is 0.0961. The molecule has 1 aromatic rings. The maximum absolute atomic E-state index is 12.7. The van der Waals surface area contributed by atoms with Gasteiger partial charge in [0.15, 0.2) is 6.23 Å². The predicted molar refractivity (Wildman–Crippen MR) is 124 cm³/mol. The molecule has 2 aliphatic rings. The van der Waals surface area contributed by atoms with Crippen LogP contribution in [-0.2, 0) is 9.53 Å². The van der Waals surface area contributed by atoms with Crippen LogP contribution in [0, 0.1) is 11.8 Å². The van der Waals surface area contributed by atoms with Crippen LogP contribution in [-0.4, -0.2) is 60.9 Å². The Bertz CT molecular complexity index is 822. The van der Waals surface area contributed by atoms with Crippen LogP contribution in [0.15, 0.2) is 51.7 Å². The van der Waals surface area contributed by atoms with Crippen molar-refractivity contribution >= 4 is 24.0 Å². The number of rotatable bonds is 8. The molecule has 0 spiro atoms. The number of aliphatic hydroxyl groups is 1. The van der Waals surface area contributed by atoms with Crippen molar-refractivity contribution < 1.29 is 14.6 Å². The van der Waals surface area contributed by atoms with Gasteiger partial charge in [-0.25, -0.2) is 0 Å². The molecule has 1 aliphatic heterocycles. The summed E-state index contributed by atoms with van der Waals surface area (Å²) < 4.78 is 5.27. The molecule has 2 N–H and O–H groups in total. The Hall–Kier alpha value is -2.51. The zero-order valence-corrected chi connectivity index (χ0v) is 18.8. The van der Waals surface area contributed by atoms with E-state index >= 15 is 0 Å². The lowest BCUT2D eigenvalue weighted by atomic mass is 9.79. The van der Waals surface area contributed by atoms with Gasteiger partial charge in [0.25, 0.3) is 0 Å². The molecule has 1 unspecified atom stereocenters. The van der Waals surface area contributed by atoms with Crippen molar-refractivity contribution in [1.29, 1.82) is 0 Å². The topological polar surface area (TPSA) is 86.5 Å². The van der Waals surface area contributed by atoms with Crippen LogP contribution in [0.3, 0.4) is 0 Å². The molecule has 7 heteroatoms. The normalized spacial score (nSPS) is 24.1. The zero-order valence-electron chi connectivity index (χ0n) is 18.8. The summed E-state index contributed by atoms with van der Waals surface area (Å²) in [5.41, 5.74) is 2.82. The van der Waals surface area contributed by atoms with Crippen LogP contribution in [0.5, 0.6) is 0 Å². The maximum atomic E-state index is 12.7. The van der Waals surface area contributed by atoms with Gasteiger partial charge in [-0.3, -0.25) is 14.8 Å². The smallest absolute Gasteiger partial charge is 0.225 e. The molecule has 1 heterocycles. The first-order chi connectivity index (χ1) is 14.9. The monoisotopic (exact) mass is 426 g/mol. The molecule has 7 nitrogen and oxygen atoms in total. The van der Waals surface area contributed by atoms with Crippen molar-refractivity contribution in [3.63, 3.8) is 0 Å². The van der Waals surface area contributed by atoms with Crippen LogP contribution in [0.4, 0.5) is 5.69 Å². The fourth-order valence-corrected chi connectivity index (χ4v) is 4.25. The average Bonchev–Trinajstić information content (AvgIpc) is 2.76. The second-order valence-corrected chi connectivity index (χ2v) is 8.44. The fourth-order valence-electron chi connectivity index (χ4n) is 4.25. The second-order valence-electron chi connectivity index (χ2n) is 8.44. The van der Waals surface area contributed by atoms with Gasteiger partial charge in [-0.05, 0) is 64.3 Å². The van der Waals surface area contributed by atoms with E-state index in [0.717, 1.165) is 37.1 Å². The van der Waals surface area contributed by atoms with Crippen LogP contribution in [0.25, 0.3) is 0 Å². The Labute approximate surface area is 184 Å². The number of likely N-dealkylation sites (tertiary alicyclic amines) is 1. The molecule has 1 aliphatic carbocycles. The van der Waals surface area contributed by atoms with Gasteiger partial charge in [0, 0.05) is 37.5 Å². The summed E-state index contributed by atoms with van der Waals surface area (Å²) in [6.45, 7) is 8.81. The molecule has 0 bridgehead atoms. The highest BCUT2D eigenvalue weighted by molar-refractivity contribution is 5.86. The summed E-state index contributed by atoms with van der Waals surface area (Å²) in [7, 11) is 1.69. The van der Waals surface area contributed by atoms with Gasteiger partial charge < -0.3 is 20.1 Å². The fraction of sp³-hybridized carbons (Fsp3) is 0.542. The number of anilines is 1. The lowest BCUT2D eigenvalue weighted by Crippen LogP contribution is -2.56. The zero-order chi connectivity index (χ0) is 22.4. The number of nitrogens with zero attached hydrogens (tertiary/aromatic N) is 3. The van der Waals surface area contributed by atoms with Crippen LogP contribution in [0.2, 0.25) is 0 Å². The molecule has 1 saturated heterocycles. The molecule has 2 fully saturated rings. The molecular formula is C24H34N4O3. The van der Waals surface area contributed by atoms with E-state index in [2.05, 4.69) is 17.0 Å². The number of amides is 1. The van der Waals surface area contributed by atoms with Gasteiger partial charge >= 0.3 is 0 Å². The molecule has 0 aromatic heterocycles. The van der Waals surface area contributed by atoms with Crippen molar-refractivity contribution in [2.24, 2.45) is 21.8 Å². The lowest BCUT2D eigenvalue weighted by Gasteiger charge is -2.41. The molecule has 1 amide bonds.